The minimum Gasteiger partial charge on any atom is -0.378 e. The van der Waals surface area contributed by atoms with Crippen molar-refractivity contribution in [1.82, 2.24) is 0 Å². The van der Waals surface area contributed by atoms with E-state index in [4.69, 9.17) is 4.74 Å². The average Bonchev–Trinajstić information content (AvgIpc) is 2.87. The molecule has 0 bridgehead atoms. The molecule has 1 aromatic rings. The summed E-state index contributed by atoms with van der Waals surface area (Å²) in [4.78, 5) is -0.648. The Morgan fingerprint density at radius 3 is 2.59 bits per heavy atom. The number of benzene rings is 1. The molecule has 2 atom stereocenters. The first-order chi connectivity index (χ1) is 10.2. The first kappa shape index (κ1) is 17.7. The first-order valence-electron chi connectivity index (χ1n) is 6.88. The van der Waals surface area contributed by atoms with Gasteiger partial charge in [0.2, 0.25) is 0 Å². The van der Waals surface area contributed by atoms with Crippen molar-refractivity contribution < 1.29 is 26.3 Å². The van der Waals surface area contributed by atoms with E-state index in [-0.39, 0.29) is 17.0 Å². The summed E-state index contributed by atoms with van der Waals surface area (Å²) >= 11 is 2.95. The Labute approximate surface area is 135 Å². The fraction of sp³-hybridized carbons (Fsp3) is 0.571. The molecule has 3 nitrogen and oxygen atoms in total. The van der Waals surface area contributed by atoms with E-state index in [1.807, 2.05) is 0 Å². The summed E-state index contributed by atoms with van der Waals surface area (Å²) < 4.78 is 70.2. The van der Waals surface area contributed by atoms with Crippen LogP contribution in [0.25, 0.3) is 0 Å². The molecular formula is C14H16BrF3O3S. The van der Waals surface area contributed by atoms with Crippen LogP contribution in [0.15, 0.2) is 27.6 Å². The molecule has 0 radical (unpaired) electrons. The zero-order chi connectivity index (χ0) is 16.5. The summed E-state index contributed by atoms with van der Waals surface area (Å²) in [6.45, 7) is 2.27. The van der Waals surface area contributed by atoms with Gasteiger partial charge in [0.1, 0.15) is 0 Å². The van der Waals surface area contributed by atoms with Gasteiger partial charge in [0.05, 0.1) is 21.8 Å². The molecule has 0 aliphatic heterocycles. The van der Waals surface area contributed by atoms with Gasteiger partial charge >= 0.3 is 6.18 Å². The third kappa shape index (κ3) is 3.65. The number of halogens is 4. The molecule has 2 rings (SSSR count). The lowest BCUT2D eigenvalue weighted by molar-refractivity contribution is -0.139. The molecule has 8 heteroatoms. The van der Waals surface area contributed by atoms with Gasteiger partial charge in [0.25, 0.3) is 0 Å². The molecule has 1 fully saturated rings. The summed E-state index contributed by atoms with van der Waals surface area (Å²) in [5, 5.41) is -0.827. The van der Waals surface area contributed by atoms with Gasteiger partial charge in [-0.1, -0.05) is 15.9 Å². The number of rotatable bonds is 4. The highest BCUT2D eigenvalue weighted by atomic mass is 79.9. The summed E-state index contributed by atoms with van der Waals surface area (Å²) in [5.41, 5.74) is -1.12. The van der Waals surface area contributed by atoms with E-state index in [9.17, 15) is 21.6 Å². The molecule has 0 saturated heterocycles. The van der Waals surface area contributed by atoms with Crippen molar-refractivity contribution >= 4 is 25.8 Å². The van der Waals surface area contributed by atoms with E-state index >= 15 is 0 Å². The Bertz CT molecular complexity index is 643. The van der Waals surface area contributed by atoms with E-state index in [1.54, 1.807) is 6.92 Å². The highest BCUT2D eigenvalue weighted by Gasteiger charge is 2.42. The molecule has 0 N–H and O–H groups in total. The maximum absolute atomic E-state index is 13.1. The van der Waals surface area contributed by atoms with Crippen molar-refractivity contribution in [2.45, 2.75) is 48.6 Å². The Morgan fingerprint density at radius 1 is 1.32 bits per heavy atom. The smallest absolute Gasteiger partial charge is 0.378 e. The van der Waals surface area contributed by atoms with E-state index < -0.39 is 31.7 Å². The van der Waals surface area contributed by atoms with Crippen molar-refractivity contribution in [3.05, 3.63) is 28.2 Å². The van der Waals surface area contributed by atoms with E-state index in [0.717, 1.165) is 12.1 Å². The van der Waals surface area contributed by atoms with Crippen LogP contribution in [0.4, 0.5) is 13.2 Å². The monoisotopic (exact) mass is 400 g/mol. The second-order valence-corrected chi connectivity index (χ2v) is 8.31. The highest BCUT2D eigenvalue weighted by Crippen LogP contribution is 2.39. The normalized spacial score (nSPS) is 23.0. The SMILES string of the molecule is CCO[C@@H]1CC[C@H](S(=O)(=O)c2ccc(Br)cc2C(F)(F)F)C1. The van der Waals surface area contributed by atoms with Gasteiger partial charge in [0, 0.05) is 11.1 Å². The lowest BCUT2D eigenvalue weighted by atomic mass is 10.2. The van der Waals surface area contributed by atoms with Crippen LogP contribution in [0.2, 0.25) is 0 Å². The molecular weight excluding hydrogens is 385 g/mol. The number of alkyl halides is 3. The zero-order valence-electron chi connectivity index (χ0n) is 11.9. The lowest BCUT2D eigenvalue weighted by Gasteiger charge is -2.17. The molecule has 0 spiro atoms. The molecule has 0 amide bonds. The molecule has 1 aromatic carbocycles. The Balaban J connectivity index is 2.39. The topological polar surface area (TPSA) is 43.4 Å². The predicted molar refractivity (Wildman–Crippen MR) is 79.4 cm³/mol. The molecule has 0 aromatic heterocycles. The second kappa shape index (κ2) is 6.49. The van der Waals surface area contributed by atoms with Gasteiger partial charge in [0.15, 0.2) is 9.84 Å². The quantitative estimate of drug-likeness (QED) is 0.760. The summed E-state index contributed by atoms with van der Waals surface area (Å²) in [6, 6.07) is 3.15. The molecule has 0 unspecified atom stereocenters. The lowest BCUT2D eigenvalue weighted by Crippen LogP contribution is -2.23. The van der Waals surface area contributed by atoms with Gasteiger partial charge in [-0.05, 0) is 44.4 Å². The fourth-order valence-electron chi connectivity index (χ4n) is 2.72. The van der Waals surface area contributed by atoms with E-state index in [0.29, 0.717) is 19.4 Å². The molecule has 1 aliphatic carbocycles. The van der Waals surface area contributed by atoms with Gasteiger partial charge in [-0.3, -0.25) is 0 Å². The number of hydrogen-bond acceptors (Lipinski definition) is 3. The van der Waals surface area contributed by atoms with Gasteiger partial charge < -0.3 is 4.74 Å². The standard InChI is InChI=1S/C14H16BrF3O3S/c1-2-21-10-4-5-11(8-10)22(19,20)13-6-3-9(15)7-12(13)14(16,17)18/h3,6-7,10-11H,2,4-5,8H2,1H3/t10-,11+/m1/s1. The second-order valence-electron chi connectivity index (χ2n) is 5.20. The van der Waals surface area contributed by atoms with E-state index in [2.05, 4.69) is 15.9 Å². The molecule has 124 valence electrons. The third-order valence-electron chi connectivity index (χ3n) is 3.73. The highest BCUT2D eigenvalue weighted by molar-refractivity contribution is 9.10. The number of ether oxygens (including phenoxy) is 1. The maximum Gasteiger partial charge on any atom is 0.417 e. The van der Waals surface area contributed by atoms with Crippen LogP contribution in [0, 0.1) is 0 Å². The number of hydrogen-bond donors (Lipinski definition) is 0. The summed E-state index contributed by atoms with van der Waals surface area (Å²) in [5.74, 6) is 0. The van der Waals surface area contributed by atoms with Gasteiger partial charge in [-0.25, -0.2) is 8.42 Å². The van der Waals surface area contributed by atoms with Crippen LogP contribution in [-0.4, -0.2) is 26.4 Å². The first-order valence-corrected chi connectivity index (χ1v) is 9.22. The Kier molecular flexibility index (Phi) is 5.23. The minimum atomic E-state index is -4.72. The predicted octanol–water partition coefficient (Wildman–Crippen LogP) is 4.20. The summed E-state index contributed by atoms with van der Waals surface area (Å²) in [7, 11) is -4.04. The zero-order valence-corrected chi connectivity index (χ0v) is 14.3. The van der Waals surface area contributed by atoms with Crippen molar-refractivity contribution in [3.63, 3.8) is 0 Å². The van der Waals surface area contributed by atoms with Gasteiger partial charge in [-0.2, -0.15) is 13.2 Å². The van der Waals surface area contributed by atoms with Crippen molar-refractivity contribution in [2.24, 2.45) is 0 Å². The Morgan fingerprint density at radius 2 is 2.00 bits per heavy atom. The fourth-order valence-corrected chi connectivity index (χ4v) is 5.09. The average molecular weight is 401 g/mol. The van der Waals surface area contributed by atoms with Crippen LogP contribution < -0.4 is 0 Å². The molecule has 22 heavy (non-hydrogen) atoms. The molecule has 0 heterocycles. The van der Waals surface area contributed by atoms with Gasteiger partial charge in [-0.15, -0.1) is 0 Å². The van der Waals surface area contributed by atoms with E-state index in [1.165, 1.54) is 6.07 Å². The summed E-state index contributed by atoms with van der Waals surface area (Å²) in [6.07, 6.45) is -3.81. The van der Waals surface area contributed by atoms with Crippen molar-refractivity contribution in [1.29, 1.82) is 0 Å². The van der Waals surface area contributed by atoms with Crippen LogP contribution in [0.5, 0.6) is 0 Å². The van der Waals surface area contributed by atoms with Crippen LogP contribution in [-0.2, 0) is 20.8 Å². The molecule has 1 saturated carbocycles. The third-order valence-corrected chi connectivity index (χ3v) is 6.50. The van der Waals surface area contributed by atoms with Crippen molar-refractivity contribution in [3.8, 4) is 0 Å². The number of sulfone groups is 1. The van der Waals surface area contributed by atoms with Crippen LogP contribution in [0.3, 0.4) is 0 Å². The maximum atomic E-state index is 13.1. The van der Waals surface area contributed by atoms with Crippen LogP contribution >= 0.6 is 15.9 Å². The largest absolute Gasteiger partial charge is 0.417 e. The Hall–Kier alpha value is -0.600. The minimum absolute atomic E-state index is 0.192. The molecule has 1 aliphatic rings. The van der Waals surface area contributed by atoms with Crippen molar-refractivity contribution in [2.75, 3.05) is 6.61 Å². The van der Waals surface area contributed by atoms with Crippen LogP contribution in [0.1, 0.15) is 31.7 Å².